The van der Waals surface area contributed by atoms with E-state index < -0.39 is 11.9 Å². The van der Waals surface area contributed by atoms with Crippen LogP contribution in [0.25, 0.3) is 10.8 Å². The maximum Gasteiger partial charge on any atom is 0.343 e. The molecular formula is C27H20Cl2N2O4. The monoisotopic (exact) mass is 506 g/mol. The standard InChI is InChI=1S/C27H20Cl2N2O4/c1-17-9-11-19(12-10-17)27(33)35-23-14-13-18-5-2-3-6-20(18)21(23)15-30-31-25(32)16-34-24-8-4-7-22(28)26(24)29/h2-15H,16H2,1H3,(H,31,32)/b30-15+. The summed E-state index contributed by atoms with van der Waals surface area (Å²) in [5.74, 6) is -0.395. The Kier molecular flexibility index (Phi) is 7.65. The third kappa shape index (κ3) is 5.98. The SMILES string of the molecule is Cc1ccc(C(=O)Oc2ccc3ccccc3c2/C=N/NC(=O)COc2cccc(Cl)c2Cl)cc1. The van der Waals surface area contributed by atoms with E-state index in [2.05, 4.69) is 10.5 Å². The molecule has 176 valence electrons. The summed E-state index contributed by atoms with van der Waals surface area (Å²) in [7, 11) is 0. The zero-order valence-corrected chi connectivity index (χ0v) is 20.1. The Morgan fingerprint density at radius 3 is 2.49 bits per heavy atom. The minimum Gasteiger partial charge on any atom is -0.482 e. The van der Waals surface area contributed by atoms with E-state index in [4.69, 9.17) is 32.7 Å². The van der Waals surface area contributed by atoms with Crippen LogP contribution in [-0.4, -0.2) is 24.7 Å². The van der Waals surface area contributed by atoms with Crippen molar-refractivity contribution in [3.63, 3.8) is 0 Å². The number of halogens is 2. The maximum atomic E-state index is 12.7. The van der Waals surface area contributed by atoms with Crippen molar-refractivity contribution >= 4 is 52.1 Å². The topological polar surface area (TPSA) is 77.0 Å². The Hall–Kier alpha value is -3.87. The molecule has 1 amide bonds. The number of hydrogen-bond donors (Lipinski definition) is 1. The highest BCUT2D eigenvalue weighted by molar-refractivity contribution is 6.42. The van der Waals surface area contributed by atoms with Gasteiger partial charge in [-0.15, -0.1) is 0 Å². The van der Waals surface area contributed by atoms with Crippen molar-refractivity contribution in [1.82, 2.24) is 5.43 Å². The number of carbonyl (C=O) groups excluding carboxylic acids is 2. The van der Waals surface area contributed by atoms with Crippen LogP contribution < -0.4 is 14.9 Å². The van der Waals surface area contributed by atoms with Crippen LogP contribution in [0.1, 0.15) is 21.5 Å². The van der Waals surface area contributed by atoms with Crippen molar-refractivity contribution in [3.8, 4) is 11.5 Å². The van der Waals surface area contributed by atoms with Gasteiger partial charge in [-0.25, -0.2) is 10.2 Å². The van der Waals surface area contributed by atoms with Crippen molar-refractivity contribution in [2.45, 2.75) is 6.92 Å². The van der Waals surface area contributed by atoms with E-state index in [0.717, 1.165) is 16.3 Å². The maximum absolute atomic E-state index is 12.7. The van der Waals surface area contributed by atoms with E-state index in [9.17, 15) is 9.59 Å². The molecule has 0 spiro atoms. The van der Waals surface area contributed by atoms with Crippen molar-refractivity contribution in [2.24, 2.45) is 5.10 Å². The number of rotatable bonds is 7. The first-order valence-corrected chi connectivity index (χ1v) is 11.4. The van der Waals surface area contributed by atoms with Gasteiger partial charge < -0.3 is 9.47 Å². The zero-order chi connectivity index (χ0) is 24.8. The number of hydrogen-bond acceptors (Lipinski definition) is 5. The number of nitrogens with one attached hydrogen (secondary N) is 1. The fourth-order valence-electron chi connectivity index (χ4n) is 3.29. The highest BCUT2D eigenvalue weighted by Gasteiger charge is 2.14. The van der Waals surface area contributed by atoms with Gasteiger partial charge in [-0.3, -0.25) is 4.79 Å². The van der Waals surface area contributed by atoms with Crippen molar-refractivity contribution in [1.29, 1.82) is 0 Å². The minimum atomic E-state index is -0.504. The third-order valence-corrected chi connectivity index (χ3v) is 5.88. The van der Waals surface area contributed by atoms with Gasteiger partial charge in [0.1, 0.15) is 16.5 Å². The summed E-state index contributed by atoms with van der Waals surface area (Å²) >= 11 is 12.0. The second-order valence-electron chi connectivity index (χ2n) is 7.59. The molecule has 1 N–H and O–H groups in total. The molecule has 0 radical (unpaired) electrons. The van der Waals surface area contributed by atoms with Crippen molar-refractivity contribution < 1.29 is 19.1 Å². The molecule has 4 rings (SSSR count). The first-order valence-electron chi connectivity index (χ1n) is 10.6. The third-order valence-electron chi connectivity index (χ3n) is 5.08. The van der Waals surface area contributed by atoms with Crippen LogP contribution in [0.15, 0.2) is 84.0 Å². The second kappa shape index (κ2) is 11.0. The summed E-state index contributed by atoms with van der Waals surface area (Å²) in [6.07, 6.45) is 1.43. The van der Waals surface area contributed by atoms with Gasteiger partial charge in [-0.1, -0.05) is 77.3 Å². The summed E-state index contributed by atoms with van der Waals surface area (Å²) in [6, 6.07) is 23.1. The number of amides is 1. The predicted octanol–water partition coefficient (Wildman–Crippen LogP) is 6.20. The van der Waals surface area contributed by atoms with E-state index in [0.29, 0.717) is 21.9 Å². The molecule has 8 heteroatoms. The highest BCUT2D eigenvalue weighted by atomic mass is 35.5. The number of carbonyl (C=O) groups is 2. The molecule has 0 aliphatic carbocycles. The summed E-state index contributed by atoms with van der Waals surface area (Å²) in [4.78, 5) is 24.9. The molecule has 0 atom stereocenters. The summed E-state index contributed by atoms with van der Waals surface area (Å²) in [5, 5.41) is 6.32. The average molecular weight is 507 g/mol. The van der Waals surface area contributed by atoms with Gasteiger partial charge in [0.25, 0.3) is 5.91 Å². The zero-order valence-electron chi connectivity index (χ0n) is 18.6. The van der Waals surface area contributed by atoms with Gasteiger partial charge in [0, 0.05) is 5.56 Å². The first-order chi connectivity index (χ1) is 16.9. The molecule has 4 aromatic rings. The van der Waals surface area contributed by atoms with Crippen LogP contribution in [0.5, 0.6) is 11.5 Å². The molecule has 4 aromatic carbocycles. The highest BCUT2D eigenvalue weighted by Crippen LogP contribution is 2.31. The van der Waals surface area contributed by atoms with E-state index in [1.807, 2.05) is 49.4 Å². The molecule has 0 fully saturated rings. The van der Waals surface area contributed by atoms with Crippen LogP contribution in [-0.2, 0) is 4.79 Å². The molecule has 0 unspecified atom stereocenters. The Bertz CT molecular complexity index is 1420. The van der Waals surface area contributed by atoms with Crippen LogP contribution in [0.4, 0.5) is 0 Å². The molecule has 0 saturated heterocycles. The lowest BCUT2D eigenvalue weighted by molar-refractivity contribution is -0.123. The number of hydrazone groups is 1. The van der Waals surface area contributed by atoms with E-state index >= 15 is 0 Å². The van der Waals surface area contributed by atoms with Gasteiger partial charge in [0.15, 0.2) is 6.61 Å². The van der Waals surface area contributed by atoms with Gasteiger partial charge in [0.2, 0.25) is 0 Å². The van der Waals surface area contributed by atoms with E-state index in [1.54, 1.807) is 36.4 Å². The summed E-state index contributed by atoms with van der Waals surface area (Å²) < 4.78 is 11.1. The van der Waals surface area contributed by atoms with Crippen LogP contribution >= 0.6 is 23.2 Å². The smallest absolute Gasteiger partial charge is 0.343 e. The number of aryl methyl sites for hydroxylation is 1. The van der Waals surface area contributed by atoms with E-state index in [-0.39, 0.29) is 17.4 Å². The normalized spacial score (nSPS) is 10.9. The van der Waals surface area contributed by atoms with Gasteiger partial charge in [0.05, 0.1) is 16.8 Å². The largest absolute Gasteiger partial charge is 0.482 e. The Morgan fingerprint density at radius 1 is 0.914 bits per heavy atom. The fourth-order valence-corrected chi connectivity index (χ4v) is 3.63. The summed E-state index contributed by atoms with van der Waals surface area (Å²) in [5.41, 5.74) is 4.42. The number of ether oxygens (including phenoxy) is 2. The molecule has 0 heterocycles. The first kappa shape index (κ1) is 24.3. The Labute approximate surface area is 212 Å². The van der Waals surface area contributed by atoms with Crippen LogP contribution in [0.2, 0.25) is 10.0 Å². The average Bonchev–Trinajstić information content (AvgIpc) is 2.86. The lowest BCUT2D eigenvalue weighted by Crippen LogP contribution is -2.24. The van der Waals surface area contributed by atoms with Crippen LogP contribution in [0.3, 0.4) is 0 Å². The Balaban J connectivity index is 1.50. The van der Waals surface area contributed by atoms with Crippen LogP contribution in [0, 0.1) is 6.92 Å². The number of benzene rings is 4. The molecular weight excluding hydrogens is 487 g/mol. The molecule has 0 aliphatic heterocycles. The second-order valence-corrected chi connectivity index (χ2v) is 8.37. The molecule has 35 heavy (non-hydrogen) atoms. The quantitative estimate of drug-likeness (QED) is 0.140. The van der Waals surface area contributed by atoms with Crippen molar-refractivity contribution in [3.05, 3.63) is 106 Å². The van der Waals surface area contributed by atoms with Gasteiger partial charge >= 0.3 is 5.97 Å². The molecule has 0 aliphatic rings. The lowest BCUT2D eigenvalue weighted by Gasteiger charge is -2.11. The summed E-state index contributed by atoms with van der Waals surface area (Å²) in [6.45, 7) is 1.62. The number of fused-ring (bicyclic) bond motifs is 1. The minimum absolute atomic E-state index is 0.223. The number of nitrogens with zero attached hydrogens (tertiary/aromatic N) is 1. The van der Waals surface area contributed by atoms with Gasteiger partial charge in [-0.2, -0.15) is 5.10 Å². The predicted molar refractivity (Wildman–Crippen MR) is 138 cm³/mol. The van der Waals surface area contributed by atoms with E-state index in [1.165, 1.54) is 6.21 Å². The Morgan fingerprint density at radius 2 is 1.69 bits per heavy atom. The lowest BCUT2D eigenvalue weighted by atomic mass is 10.0. The number of esters is 1. The molecule has 0 saturated carbocycles. The molecule has 0 aromatic heterocycles. The van der Waals surface area contributed by atoms with Crippen molar-refractivity contribution in [2.75, 3.05) is 6.61 Å². The van der Waals surface area contributed by atoms with Gasteiger partial charge in [-0.05, 0) is 48.0 Å². The molecule has 6 nitrogen and oxygen atoms in total. The fraction of sp³-hybridized carbons (Fsp3) is 0.0741. The molecule has 0 bridgehead atoms.